The zero-order valence-electron chi connectivity index (χ0n) is 10.2. The van der Waals surface area contributed by atoms with Crippen LogP contribution in [0.15, 0.2) is 44.3 Å². The van der Waals surface area contributed by atoms with Crippen LogP contribution >= 0.6 is 42.5 Å². The van der Waals surface area contributed by atoms with Crippen LogP contribution in [0.1, 0.15) is 5.69 Å². The van der Waals surface area contributed by atoms with Gasteiger partial charge in [-0.1, -0.05) is 0 Å². The molecule has 112 valence electrons. The topological polar surface area (TPSA) is 56.3 Å². The summed E-state index contributed by atoms with van der Waals surface area (Å²) in [6.07, 6.45) is 1.61. The first kappa shape index (κ1) is 16.7. The molecule has 0 aliphatic rings. The predicted octanol–water partition coefficient (Wildman–Crippen LogP) is 4.25. The van der Waals surface area contributed by atoms with Gasteiger partial charge in [-0.25, -0.2) is 12.8 Å². The number of hydrogen-bond donors (Lipinski definition) is 0. The molecule has 2 aromatic rings. The lowest BCUT2D eigenvalue weighted by Crippen LogP contribution is -2.01. The van der Waals surface area contributed by atoms with Gasteiger partial charge in [0.15, 0.2) is 0 Å². The average molecular weight is 460 g/mol. The van der Waals surface area contributed by atoms with Crippen LogP contribution < -0.4 is 4.74 Å². The number of rotatable bonds is 4. The minimum atomic E-state index is -4.15. The van der Waals surface area contributed by atoms with Crippen molar-refractivity contribution in [3.8, 4) is 5.75 Å². The summed E-state index contributed by atoms with van der Waals surface area (Å²) in [5.41, 5.74) is 0.638. The van der Waals surface area contributed by atoms with Crippen LogP contribution in [0.3, 0.4) is 0 Å². The van der Waals surface area contributed by atoms with Gasteiger partial charge in [0.2, 0.25) is 0 Å². The Morgan fingerprint density at radius 3 is 2.57 bits per heavy atom. The Kier molecular flexibility index (Phi) is 5.24. The van der Waals surface area contributed by atoms with Gasteiger partial charge >= 0.3 is 0 Å². The van der Waals surface area contributed by atoms with Crippen molar-refractivity contribution in [2.75, 3.05) is 0 Å². The van der Waals surface area contributed by atoms with Gasteiger partial charge in [-0.15, -0.1) is 0 Å². The highest BCUT2D eigenvalue weighted by atomic mass is 79.9. The molecule has 2 rings (SSSR count). The number of halogens is 4. The fraction of sp³-hybridized carbons (Fsp3) is 0.0833. The molecule has 0 N–H and O–H groups in total. The molecule has 21 heavy (non-hydrogen) atoms. The Hall–Kier alpha value is -0.700. The summed E-state index contributed by atoms with van der Waals surface area (Å²) in [5, 5.41) is 0. The lowest BCUT2D eigenvalue weighted by atomic mass is 10.3. The van der Waals surface area contributed by atoms with Crippen LogP contribution in [0.2, 0.25) is 0 Å². The molecular formula is C12H7Br2ClFNO3S. The zero-order valence-corrected chi connectivity index (χ0v) is 14.9. The molecule has 0 unspecified atom stereocenters. The summed E-state index contributed by atoms with van der Waals surface area (Å²) < 4.78 is 42.6. The summed E-state index contributed by atoms with van der Waals surface area (Å²) in [6, 6.07) is 5.55. The summed E-state index contributed by atoms with van der Waals surface area (Å²) >= 11 is 6.38. The Bertz CT molecular complexity index is 769. The third-order valence-corrected chi connectivity index (χ3v) is 4.84. The number of aromatic nitrogens is 1. The average Bonchev–Trinajstić information content (AvgIpc) is 2.40. The van der Waals surface area contributed by atoms with Crippen LogP contribution in [-0.4, -0.2) is 13.4 Å². The first-order valence-electron chi connectivity index (χ1n) is 5.44. The Balaban J connectivity index is 2.21. The lowest BCUT2D eigenvalue weighted by molar-refractivity contribution is 0.297. The molecule has 1 aromatic carbocycles. The number of nitrogens with zero attached hydrogens (tertiary/aromatic N) is 1. The molecule has 1 heterocycles. The van der Waals surface area contributed by atoms with Gasteiger partial charge in [0.1, 0.15) is 23.1 Å². The Morgan fingerprint density at radius 2 is 2.00 bits per heavy atom. The monoisotopic (exact) mass is 457 g/mol. The van der Waals surface area contributed by atoms with Crippen molar-refractivity contribution in [3.63, 3.8) is 0 Å². The van der Waals surface area contributed by atoms with Crippen molar-refractivity contribution in [2.45, 2.75) is 11.5 Å². The van der Waals surface area contributed by atoms with E-state index in [4.69, 9.17) is 15.4 Å². The molecule has 0 aliphatic carbocycles. The highest BCUT2D eigenvalue weighted by molar-refractivity contribution is 9.10. The van der Waals surface area contributed by atoms with Crippen LogP contribution in [0.5, 0.6) is 5.75 Å². The molecule has 0 saturated carbocycles. The largest absolute Gasteiger partial charge is 0.486 e. The molecule has 0 atom stereocenters. The molecular weight excluding hydrogens is 452 g/mol. The third kappa shape index (κ3) is 4.38. The second kappa shape index (κ2) is 6.60. The van der Waals surface area contributed by atoms with Crippen LogP contribution in [0.25, 0.3) is 0 Å². The fourth-order valence-corrected chi connectivity index (χ4v) is 3.20. The third-order valence-electron chi connectivity index (χ3n) is 2.41. The maximum atomic E-state index is 13.7. The number of pyridine rings is 1. The molecule has 0 amide bonds. The van der Waals surface area contributed by atoms with E-state index in [1.807, 2.05) is 0 Å². The number of hydrogen-bond acceptors (Lipinski definition) is 4. The van der Waals surface area contributed by atoms with E-state index in [0.29, 0.717) is 5.69 Å². The van der Waals surface area contributed by atoms with Gasteiger partial charge in [0.05, 0.1) is 10.2 Å². The zero-order chi connectivity index (χ0) is 15.6. The minimum Gasteiger partial charge on any atom is -0.486 e. The number of ether oxygens (including phenoxy) is 1. The Labute approximate surface area is 142 Å². The van der Waals surface area contributed by atoms with Crippen molar-refractivity contribution >= 4 is 51.6 Å². The predicted molar refractivity (Wildman–Crippen MR) is 83.4 cm³/mol. The normalized spacial score (nSPS) is 11.4. The molecule has 9 heteroatoms. The standard InChI is InChI=1S/C12H7Br2ClFNO3S/c13-7-1-2-8(17-5-7)6-20-11-4-10(16)12(3-9(11)14)21(15,18)19/h1-5H,6H2. The minimum absolute atomic E-state index is 0.109. The molecule has 0 fully saturated rings. The maximum absolute atomic E-state index is 13.7. The van der Waals surface area contributed by atoms with E-state index in [-0.39, 0.29) is 16.8 Å². The highest BCUT2D eigenvalue weighted by Crippen LogP contribution is 2.32. The molecule has 0 aliphatic heterocycles. The summed E-state index contributed by atoms with van der Waals surface area (Å²) in [7, 11) is 0.982. The van der Waals surface area contributed by atoms with Crippen molar-refractivity contribution < 1.29 is 17.5 Å². The lowest BCUT2D eigenvalue weighted by Gasteiger charge is -2.09. The van der Waals surface area contributed by atoms with Crippen LogP contribution in [0.4, 0.5) is 4.39 Å². The Morgan fingerprint density at radius 1 is 1.29 bits per heavy atom. The maximum Gasteiger partial charge on any atom is 0.264 e. The summed E-state index contributed by atoms with van der Waals surface area (Å²) in [5.74, 6) is -0.826. The van der Waals surface area contributed by atoms with Crippen LogP contribution in [0, 0.1) is 5.82 Å². The molecule has 0 spiro atoms. The molecule has 0 radical (unpaired) electrons. The summed E-state index contributed by atoms with van der Waals surface area (Å²) in [4.78, 5) is 3.50. The molecule has 0 saturated heterocycles. The van der Waals surface area contributed by atoms with Gasteiger partial charge in [-0.05, 0) is 50.1 Å². The second-order valence-corrected chi connectivity index (χ2v) is 8.21. The second-order valence-electron chi connectivity index (χ2n) is 3.91. The fourth-order valence-electron chi connectivity index (χ4n) is 1.45. The first-order chi connectivity index (χ1) is 9.77. The molecule has 0 bridgehead atoms. The van der Waals surface area contributed by atoms with E-state index < -0.39 is 19.8 Å². The van der Waals surface area contributed by atoms with E-state index in [2.05, 4.69) is 36.8 Å². The SMILES string of the molecule is O=S(=O)(Cl)c1cc(Br)c(OCc2ccc(Br)cn2)cc1F. The van der Waals surface area contributed by atoms with E-state index in [1.54, 1.807) is 18.3 Å². The summed E-state index contributed by atoms with van der Waals surface area (Å²) in [6.45, 7) is 0.109. The molecule has 1 aromatic heterocycles. The van der Waals surface area contributed by atoms with Crippen LogP contribution in [-0.2, 0) is 15.7 Å². The smallest absolute Gasteiger partial charge is 0.264 e. The van der Waals surface area contributed by atoms with Crippen molar-refractivity contribution in [1.82, 2.24) is 4.98 Å². The number of benzene rings is 1. The van der Waals surface area contributed by atoms with Gasteiger partial charge in [0, 0.05) is 27.4 Å². The van der Waals surface area contributed by atoms with E-state index in [0.717, 1.165) is 16.6 Å². The van der Waals surface area contributed by atoms with Gasteiger partial charge in [0.25, 0.3) is 9.05 Å². The van der Waals surface area contributed by atoms with Crippen molar-refractivity contribution in [2.24, 2.45) is 0 Å². The molecule has 4 nitrogen and oxygen atoms in total. The van der Waals surface area contributed by atoms with Gasteiger partial charge in [-0.3, -0.25) is 4.98 Å². The van der Waals surface area contributed by atoms with E-state index in [1.165, 1.54) is 0 Å². The quantitative estimate of drug-likeness (QED) is 0.642. The van der Waals surface area contributed by atoms with Crippen molar-refractivity contribution in [3.05, 3.63) is 50.9 Å². The van der Waals surface area contributed by atoms with E-state index in [9.17, 15) is 12.8 Å². The van der Waals surface area contributed by atoms with Crippen molar-refractivity contribution in [1.29, 1.82) is 0 Å². The highest BCUT2D eigenvalue weighted by Gasteiger charge is 2.19. The first-order valence-corrected chi connectivity index (χ1v) is 9.34. The van der Waals surface area contributed by atoms with E-state index >= 15 is 0 Å². The van der Waals surface area contributed by atoms with Gasteiger partial charge < -0.3 is 4.74 Å². The van der Waals surface area contributed by atoms with Gasteiger partial charge in [-0.2, -0.15) is 0 Å².